The summed E-state index contributed by atoms with van der Waals surface area (Å²) in [5, 5.41) is 2.85. The number of carbonyl (C=O) groups is 1. The number of amides is 1. The highest BCUT2D eigenvalue weighted by atomic mass is 16.5. The molecule has 0 aliphatic rings. The fourth-order valence-electron chi connectivity index (χ4n) is 1.74. The molecule has 1 aromatic heterocycles. The van der Waals surface area contributed by atoms with Crippen LogP contribution in [0.5, 0.6) is 5.88 Å². The molecule has 1 rings (SSSR count). The maximum absolute atomic E-state index is 12.1. The molecule has 19 heavy (non-hydrogen) atoms. The molecule has 0 aliphatic heterocycles. The van der Waals surface area contributed by atoms with Gasteiger partial charge in [0.1, 0.15) is 5.69 Å². The summed E-state index contributed by atoms with van der Waals surface area (Å²) < 4.78 is 5.56. The molecule has 0 saturated heterocycles. The summed E-state index contributed by atoms with van der Waals surface area (Å²) in [5.74, 6) is 0.196. The standard InChI is InChI=1S/C14H23N3O2/c1-4-6-11(9-15)13(18)17-12-7-5-8-16-14(12)19-10(2)3/h5,7-8,10-11H,4,6,9,15H2,1-3H3,(H,17,18). The van der Waals surface area contributed by atoms with E-state index in [4.69, 9.17) is 10.5 Å². The molecule has 0 radical (unpaired) electrons. The molecule has 0 aromatic carbocycles. The van der Waals surface area contributed by atoms with Crippen LogP contribution in [0.2, 0.25) is 0 Å². The number of carbonyl (C=O) groups excluding carboxylic acids is 1. The number of ether oxygens (including phenoxy) is 1. The number of nitrogens with one attached hydrogen (secondary N) is 1. The minimum absolute atomic E-state index is 0.00602. The van der Waals surface area contributed by atoms with E-state index in [1.54, 1.807) is 18.3 Å². The van der Waals surface area contributed by atoms with Crippen molar-refractivity contribution in [3.8, 4) is 5.88 Å². The predicted molar refractivity (Wildman–Crippen MR) is 76.1 cm³/mol. The van der Waals surface area contributed by atoms with Crippen LogP contribution in [0, 0.1) is 5.92 Å². The van der Waals surface area contributed by atoms with Crippen molar-refractivity contribution in [1.82, 2.24) is 4.98 Å². The molecule has 1 aromatic rings. The number of aromatic nitrogens is 1. The Morgan fingerprint density at radius 2 is 2.26 bits per heavy atom. The Balaban J connectivity index is 2.78. The van der Waals surface area contributed by atoms with Crippen LogP contribution >= 0.6 is 0 Å². The second-order valence-electron chi connectivity index (χ2n) is 4.73. The van der Waals surface area contributed by atoms with Gasteiger partial charge >= 0.3 is 0 Å². The van der Waals surface area contributed by atoms with E-state index in [2.05, 4.69) is 10.3 Å². The topological polar surface area (TPSA) is 77.2 Å². The van der Waals surface area contributed by atoms with Crippen molar-refractivity contribution in [3.63, 3.8) is 0 Å². The van der Waals surface area contributed by atoms with Gasteiger partial charge in [-0.15, -0.1) is 0 Å². The lowest BCUT2D eigenvalue weighted by molar-refractivity contribution is -0.119. The number of nitrogens with zero attached hydrogens (tertiary/aromatic N) is 1. The minimum Gasteiger partial charge on any atom is -0.473 e. The van der Waals surface area contributed by atoms with Crippen molar-refractivity contribution in [2.24, 2.45) is 11.7 Å². The molecular formula is C14H23N3O2. The van der Waals surface area contributed by atoms with Crippen molar-refractivity contribution < 1.29 is 9.53 Å². The van der Waals surface area contributed by atoms with Crippen molar-refractivity contribution in [1.29, 1.82) is 0 Å². The Morgan fingerprint density at radius 1 is 1.53 bits per heavy atom. The molecule has 3 N–H and O–H groups in total. The van der Waals surface area contributed by atoms with E-state index in [0.717, 1.165) is 12.8 Å². The van der Waals surface area contributed by atoms with Gasteiger partial charge in [0.05, 0.1) is 12.0 Å². The summed E-state index contributed by atoms with van der Waals surface area (Å²) in [6.07, 6.45) is 3.35. The van der Waals surface area contributed by atoms with Crippen LogP contribution in [-0.2, 0) is 4.79 Å². The molecule has 0 saturated carbocycles. The molecule has 1 atom stereocenters. The highest BCUT2D eigenvalue weighted by Gasteiger charge is 2.18. The molecule has 1 unspecified atom stereocenters. The Hall–Kier alpha value is -1.62. The normalized spacial score (nSPS) is 12.3. The van der Waals surface area contributed by atoms with E-state index in [1.807, 2.05) is 20.8 Å². The molecule has 5 heteroatoms. The van der Waals surface area contributed by atoms with Crippen LogP contribution in [0.4, 0.5) is 5.69 Å². The van der Waals surface area contributed by atoms with E-state index in [9.17, 15) is 4.79 Å². The van der Waals surface area contributed by atoms with Gasteiger partial charge in [0.25, 0.3) is 0 Å². The van der Waals surface area contributed by atoms with Gasteiger partial charge < -0.3 is 15.8 Å². The number of hydrogen-bond acceptors (Lipinski definition) is 4. The maximum atomic E-state index is 12.1. The van der Waals surface area contributed by atoms with Gasteiger partial charge in [-0.3, -0.25) is 4.79 Å². The lowest BCUT2D eigenvalue weighted by Gasteiger charge is -2.16. The third-order valence-corrected chi connectivity index (χ3v) is 2.67. The third-order valence-electron chi connectivity index (χ3n) is 2.67. The van der Waals surface area contributed by atoms with Crippen LogP contribution in [0.15, 0.2) is 18.3 Å². The smallest absolute Gasteiger partial charge is 0.238 e. The molecule has 5 nitrogen and oxygen atoms in total. The second kappa shape index (κ2) is 7.74. The zero-order valence-electron chi connectivity index (χ0n) is 11.8. The highest BCUT2D eigenvalue weighted by Crippen LogP contribution is 2.22. The maximum Gasteiger partial charge on any atom is 0.238 e. The van der Waals surface area contributed by atoms with Gasteiger partial charge in [-0.1, -0.05) is 13.3 Å². The van der Waals surface area contributed by atoms with Crippen LogP contribution in [-0.4, -0.2) is 23.5 Å². The van der Waals surface area contributed by atoms with Crippen LogP contribution in [0.3, 0.4) is 0 Å². The Kier molecular flexibility index (Phi) is 6.29. The highest BCUT2D eigenvalue weighted by molar-refractivity contribution is 5.93. The zero-order chi connectivity index (χ0) is 14.3. The first-order valence-corrected chi connectivity index (χ1v) is 6.71. The summed E-state index contributed by atoms with van der Waals surface area (Å²) in [4.78, 5) is 16.2. The summed E-state index contributed by atoms with van der Waals surface area (Å²) in [6, 6.07) is 3.54. The fraction of sp³-hybridized carbons (Fsp3) is 0.571. The zero-order valence-corrected chi connectivity index (χ0v) is 11.8. The average Bonchev–Trinajstić information content (AvgIpc) is 2.37. The van der Waals surface area contributed by atoms with Gasteiger partial charge in [0.2, 0.25) is 11.8 Å². The van der Waals surface area contributed by atoms with Crippen LogP contribution in [0.25, 0.3) is 0 Å². The number of hydrogen-bond donors (Lipinski definition) is 2. The molecule has 1 heterocycles. The summed E-state index contributed by atoms with van der Waals surface area (Å²) >= 11 is 0. The Bertz CT molecular complexity index is 407. The molecule has 0 spiro atoms. The van der Waals surface area contributed by atoms with Crippen molar-refractivity contribution in [2.75, 3.05) is 11.9 Å². The van der Waals surface area contributed by atoms with E-state index >= 15 is 0 Å². The Morgan fingerprint density at radius 3 is 2.84 bits per heavy atom. The van der Waals surface area contributed by atoms with Crippen LogP contribution in [0.1, 0.15) is 33.6 Å². The quantitative estimate of drug-likeness (QED) is 0.792. The lowest BCUT2D eigenvalue weighted by Crippen LogP contribution is -2.29. The third kappa shape index (κ3) is 4.87. The lowest BCUT2D eigenvalue weighted by atomic mass is 10.0. The number of nitrogens with two attached hydrogens (primary N) is 1. The SMILES string of the molecule is CCCC(CN)C(=O)Nc1cccnc1OC(C)C. The van der Waals surface area contributed by atoms with E-state index in [-0.39, 0.29) is 17.9 Å². The second-order valence-corrected chi connectivity index (χ2v) is 4.73. The van der Waals surface area contributed by atoms with Gasteiger partial charge in [0, 0.05) is 12.7 Å². The van der Waals surface area contributed by atoms with Crippen molar-refractivity contribution in [3.05, 3.63) is 18.3 Å². The first-order chi connectivity index (χ1) is 9.08. The van der Waals surface area contributed by atoms with Crippen molar-refractivity contribution in [2.45, 2.75) is 39.7 Å². The summed E-state index contributed by atoms with van der Waals surface area (Å²) in [5.41, 5.74) is 6.22. The largest absolute Gasteiger partial charge is 0.473 e. The monoisotopic (exact) mass is 265 g/mol. The predicted octanol–water partition coefficient (Wildman–Crippen LogP) is 2.18. The van der Waals surface area contributed by atoms with Gasteiger partial charge in [-0.05, 0) is 32.4 Å². The number of pyridine rings is 1. The van der Waals surface area contributed by atoms with Crippen molar-refractivity contribution >= 4 is 11.6 Å². The minimum atomic E-state index is -0.169. The van der Waals surface area contributed by atoms with E-state index in [1.165, 1.54) is 0 Å². The van der Waals surface area contributed by atoms with E-state index in [0.29, 0.717) is 18.1 Å². The first-order valence-electron chi connectivity index (χ1n) is 6.71. The van der Waals surface area contributed by atoms with Gasteiger partial charge in [-0.2, -0.15) is 0 Å². The average molecular weight is 265 g/mol. The van der Waals surface area contributed by atoms with E-state index < -0.39 is 0 Å². The number of rotatable bonds is 7. The van der Waals surface area contributed by atoms with Gasteiger partial charge in [-0.25, -0.2) is 4.98 Å². The first kappa shape index (κ1) is 15.4. The molecule has 0 fully saturated rings. The molecule has 0 bridgehead atoms. The number of anilines is 1. The molecular weight excluding hydrogens is 242 g/mol. The summed E-state index contributed by atoms with van der Waals surface area (Å²) in [6.45, 7) is 6.22. The van der Waals surface area contributed by atoms with Crippen LogP contribution < -0.4 is 15.8 Å². The molecule has 1 amide bonds. The Labute approximate surface area is 114 Å². The molecule has 0 aliphatic carbocycles. The summed E-state index contributed by atoms with van der Waals surface area (Å²) in [7, 11) is 0. The fourth-order valence-corrected chi connectivity index (χ4v) is 1.74. The van der Waals surface area contributed by atoms with Gasteiger partial charge in [0.15, 0.2) is 0 Å². The molecule has 106 valence electrons.